The molecule has 0 aromatic heterocycles. The number of hydrogen-bond acceptors (Lipinski definition) is 16. The molecule has 11 atom stereocenters. The SMILES string of the molecule is COc1ccc(C2CC(=O)c3c(O)c([C@@H]4O[C@H](CO)[C@@H](O)[C@H](O)[C@H]4O)c(O)c([C@@H]4O[C@H](CO)[C@@H](O)[C@H](O)[C@H]4O)c3O2)cc1O. The van der Waals surface area contributed by atoms with Crippen molar-refractivity contribution in [3.05, 3.63) is 40.5 Å². The Morgan fingerprint density at radius 1 is 0.773 bits per heavy atom. The molecule has 0 amide bonds. The molecule has 44 heavy (non-hydrogen) atoms. The van der Waals surface area contributed by atoms with Gasteiger partial charge in [0.05, 0.1) is 37.9 Å². The van der Waals surface area contributed by atoms with E-state index in [1.165, 1.54) is 25.3 Å². The normalized spacial score (nSPS) is 35.6. The molecule has 1 unspecified atom stereocenters. The van der Waals surface area contributed by atoms with Crippen molar-refractivity contribution >= 4 is 5.78 Å². The number of methoxy groups -OCH3 is 1. The fourth-order valence-electron chi connectivity index (χ4n) is 5.88. The number of aliphatic hydroxyl groups is 8. The Morgan fingerprint density at radius 2 is 1.32 bits per heavy atom. The summed E-state index contributed by atoms with van der Waals surface area (Å²) in [7, 11) is 1.33. The largest absolute Gasteiger partial charge is 0.507 e. The number of carbonyl (C=O) groups is 1. The molecule has 0 spiro atoms. The van der Waals surface area contributed by atoms with E-state index in [1.54, 1.807) is 0 Å². The molecule has 16 nitrogen and oxygen atoms in total. The zero-order chi connectivity index (χ0) is 32.2. The zero-order valence-corrected chi connectivity index (χ0v) is 23.2. The third-order valence-corrected chi connectivity index (χ3v) is 8.31. The number of rotatable bonds is 6. The molecule has 2 aromatic carbocycles. The molecule has 0 radical (unpaired) electrons. The number of aliphatic hydroxyl groups excluding tert-OH is 8. The molecule has 0 saturated carbocycles. The number of phenolic OH excluding ortho intramolecular Hbond substituents is 3. The highest BCUT2D eigenvalue weighted by Crippen LogP contribution is 2.55. The Bertz CT molecular complexity index is 1390. The Kier molecular flexibility index (Phi) is 8.94. The molecule has 3 aliphatic rings. The van der Waals surface area contributed by atoms with Crippen LogP contribution >= 0.6 is 0 Å². The summed E-state index contributed by atoms with van der Waals surface area (Å²) in [6.45, 7) is -1.71. The van der Waals surface area contributed by atoms with Crippen LogP contribution in [-0.2, 0) is 9.47 Å². The first-order chi connectivity index (χ1) is 20.9. The Balaban J connectivity index is 1.72. The highest BCUT2D eigenvalue weighted by atomic mass is 16.6. The quantitative estimate of drug-likeness (QED) is 0.159. The van der Waals surface area contributed by atoms with E-state index >= 15 is 0 Å². The van der Waals surface area contributed by atoms with E-state index in [-0.39, 0.29) is 17.1 Å². The lowest BCUT2D eigenvalue weighted by atomic mass is 9.82. The van der Waals surface area contributed by atoms with Crippen molar-refractivity contribution in [2.75, 3.05) is 20.3 Å². The number of ether oxygens (including phenoxy) is 4. The number of carbonyl (C=O) groups excluding carboxylic acids is 1. The van der Waals surface area contributed by atoms with Crippen molar-refractivity contribution in [3.63, 3.8) is 0 Å². The Hall–Kier alpha value is -3.29. The van der Waals surface area contributed by atoms with Gasteiger partial charge >= 0.3 is 0 Å². The van der Waals surface area contributed by atoms with Crippen molar-refractivity contribution in [1.82, 2.24) is 0 Å². The molecule has 11 N–H and O–H groups in total. The highest BCUT2D eigenvalue weighted by Gasteiger charge is 2.51. The topological polar surface area (TPSA) is 277 Å². The molecule has 3 heterocycles. The Morgan fingerprint density at radius 3 is 1.82 bits per heavy atom. The van der Waals surface area contributed by atoms with Crippen LogP contribution < -0.4 is 9.47 Å². The van der Waals surface area contributed by atoms with Crippen LogP contribution in [0, 0.1) is 0 Å². The van der Waals surface area contributed by atoms with Gasteiger partial charge in [0.15, 0.2) is 17.3 Å². The summed E-state index contributed by atoms with van der Waals surface area (Å²) >= 11 is 0. The van der Waals surface area contributed by atoms with E-state index in [4.69, 9.17) is 18.9 Å². The standard InChI is InChI=1S/C28H34O16/c1-41-11-3-2-8(4-9(11)31)12-5-10(32)15-20(35)16(27-24(39)22(37)18(33)13(6-29)43-27)21(36)17(26(15)42-12)28-25(40)23(38)19(34)14(7-30)44-28/h2-4,12-14,18-19,22-25,27-31,33-40H,5-7H2,1H3/t12?,13-,14-,18-,19-,22+,23+,24-,25-,27+,28+/m1/s1. The average Bonchev–Trinajstić information content (AvgIpc) is 3.00. The predicted octanol–water partition coefficient (Wildman–Crippen LogP) is -2.45. The molecule has 3 aliphatic heterocycles. The van der Waals surface area contributed by atoms with Gasteiger partial charge in [0, 0.05) is 0 Å². The minimum atomic E-state index is -2.03. The first-order valence-corrected chi connectivity index (χ1v) is 13.7. The summed E-state index contributed by atoms with van der Waals surface area (Å²) in [6.07, 6.45) is -19.8. The number of benzene rings is 2. The lowest BCUT2D eigenvalue weighted by Gasteiger charge is -2.43. The molecule has 0 aliphatic carbocycles. The van der Waals surface area contributed by atoms with Gasteiger partial charge in [-0.25, -0.2) is 0 Å². The first kappa shape index (κ1) is 32.1. The number of aromatic hydroxyl groups is 3. The fourth-order valence-corrected chi connectivity index (χ4v) is 5.88. The lowest BCUT2D eigenvalue weighted by molar-refractivity contribution is -0.234. The monoisotopic (exact) mass is 626 g/mol. The predicted molar refractivity (Wildman–Crippen MR) is 142 cm³/mol. The molecule has 2 saturated heterocycles. The number of hydrogen-bond donors (Lipinski definition) is 11. The van der Waals surface area contributed by atoms with Gasteiger partial charge in [0.2, 0.25) is 0 Å². The van der Waals surface area contributed by atoms with E-state index in [9.17, 15) is 61.0 Å². The van der Waals surface area contributed by atoms with Gasteiger partial charge in [-0.2, -0.15) is 0 Å². The number of Topliss-reactive ketones (excluding diaryl/α,β-unsaturated/α-hetero) is 1. The van der Waals surface area contributed by atoms with Crippen LogP contribution in [0.3, 0.4) is 0 Å². The average molecular weight is 627 g/mol. The maximum absolute atomic E-state index is 13.6. The minimum absolute atomic E-state index is 0.123. The van der Waals surface area contributed by atoms with Gasteiger partial charge in [-0.3, -0.25) is 4.79 Å². The second-order valence-electron chi connectivity index (χ2n) is 10.9. The zero-order valence-electron chi connectivity index (χ0n) is 23.2. The van der Waals surface area contributed by atoms with Crippen LogP contribution in [0.1, 0.15) is 51.8 Å². The van der Waals surface area contributed by atoms with E-state index in [0.717, 1.165) is 0 Å². The molecule has 242 valence electrons. The molecule has 5 rings (SSSR count). The third-order valence-electron chi connectivity index (χ3n) is 8.31. The van der Waals surface area contributed by atoms with Gasteiger partial charge in [-0.1, -0.05) is 6.07 Å². The molecular formula is C28H34O16. The number of fused-ring (bicyclic) bond motifs is 1. The molecular weight excluding hydrogens is 592 g/mol. The van der Waals surface area contributed by atoms with Gasteiger partial charge in [-0.05, 0) is 17.7 Å². The van der Waals surface area contributed by atoms with Crippen molar-refractivity contribution in [2.24, 2.45) is 0 Å². The number of phenols is 3. The van der Waals surface area contributed by atoms with Crippen molar-refractivity contribution in [3.8, 4) is 28.7 Å². The first-order valence-electron chi connectivity index (χ1n) is 13.7. The van der Waals surface area contributed by atoms with Crippen LogP contribution in [0.15, 0.2) is 18.2 Å². The van der Waals surface area contributed by atoms with Crippen LogP contribution in [0.4, 0.5) is 0 Å². The minimum Gasteiger partial charge on any atom is -0.507 e. The smallest absolute Gasteiger partial charge is 0.174 e. The molecule has 2 fully saturated rings. The Labute approximate surface area is 249 Å². The maximum atomic E-state index is 13.6. The van der Waals surface area contributed by atoms with Gasteiger partial charge in [0.25, 0.3) is 0 Å². The van der Waals surface area contributed by atoms with Gasteiger partial charge in [0.1, 0.15) is 90.0 Å². The molecule has 0 bridgehead atoms. The highest BCUT2D eigenvalue weighted by molar-refractivity contribution is 6.04. The second-order valence-corrected chi connectivity index (χ2v) is 10.9. The fraction of sp³-hybridized carbons (Fsp3) is 0.536. The molecule has 2 aromatic rings. The van der Waals surface area contributed by atoms with Crippen LogP contribution in [0.5, 0.6) is 28.7 Å². The third kappa shape index (κ3) is 5.12. The lowest BCUT2D eigenvalue weighted by Crippen LogP contribution is -2.55. The van der Waals surface area contributed by atoms with E-state index < -0.39 is 127 Å². The van der Waals surface area contributed by atoms with Crippen LogP contribution in [0.25, 0.3) is 0 Å². The molecule has 16 heteroatoms. The summed E-state index contributed by atoms with van der Waals surface area (Å²) in [5.41, 5.74) is -1.57. The van der Waals surface area contributed by atoms with Crippen molar-refractivity contribution < 1.29 is 79.9 Å². The van der Waals surface area contributed by atoms with Crippen molar-refractivity contribution in [1.29, 1.82) is 0 Å². The summed E-state index contributed by atoms with van der Waals surface area (Å²) in [6, 6.07) is 4.15. The summed E-state index contributed by atoms with van der Waals surface area (Å²) in [5.74, 6) is -3.45. The van der Waals surface area contributed by atoms with Gasteiger partial charge < -0.3 is 75.1 Å². The van der Waals surface area contributed by atoms with E-state index in [0.29, 0.717) is 0 Å². The van der Waals surface area contributed by atoms with E-state index in [2.05, 4.69) is 0 Å². The van der Waals surface area contributed by atoms with Crippen molar-refractivity contribution in [2.45, 2.75) is 73.6 Å². The second kappa shape index (κ2) is 12.2. The summed E-state index contributed by atoms with van der Waals surface area (Å²) in [5, 5.41) is 116. The number of ketones is 1. The summed E-state index contributed by atoms with van der Waals surface area (Å²) in [4.78, 5) is 13.6. The van der Waals surface area contributed by atoms with Crippen LogP contribution in [0.2, 0.25) is 0 Å². The summed E-state index contributed by atoms with van der Waals surface area (Å²) < 4.78 is 22.3. The van der Waals surface area contributed by atoms with Crippen LogP contribution in [-0.4, -0.2) is 131 Å². The van der Waals surface area contributed by atoms with Gasteiger partial charge in [-0.15, -0.1) is 0 Å². The van der Waals surface area contributed by atoms with E-state index in [1.807, 2.05) is 0 Å². The maximum Gasteiger partial charge on any atom is 0.174 e.